The van der Waals surface area contributed by atoms with Crippen LogP contribution in [0.15, 0.2) is 21.9 Å². The molecular weight excluding hydrogens is 338 g/mol. The molecule has 4 N–H and O–H groups in total. The first-order chi connectivity index (χ1) is 11.5. The molecule has 1 aliphatic rings. The van der Waals surface area contributed by atoms with Crippen LogP contribution >= 0.6 is 0 Å². The largest absolute Gasteiger partial charge is 0.442 e. The van der Waals surface area contributed by atoms with E-state index in [-0.39, 0.29) is 5.06 Å². The summed E-state index contributed by atoms with van der Waals surface area (Å²) < 4.78 is 11.2. The van der Waals surface area contributed by atoms with Crippen molar-refractivity contribution in [2.24, 2.45) is 0 Å². The number of hydrogen-bond acceptors (Lipinski definition) is 8. The smallest absolute Gasteiger partial charge is 0.434 e. The van der Waals surface area contributed by atoms with Gasteiger partial charge in [0.1, 0.15) is 23.9 Å². The molecule has 0 unspecified atom stereocenters. The highest BCUT2D eigenvalue weighted by atomic mass is 16.6. The number of hydrogen-bond donors (Lipinski definition) is 4. The summed E-state index contributed by atoms with van der Waals surface area (Å²) in [6.45, 7) is 4.34. The third-order valence-corrected chi connectivity index (χ3v) is 3.42. The van der Waals surface area contributed by atoms with Crippen molar-refractivity contribution in [3.8, 4) is 0 Å². The summed E-state index contributed by atoms with van der Waals surface area (Å²) in [4.78, 5) is 36.6. The van der Waals surface area contributed by atoms with E-state index in [1.807, 2.05) is 4.98 Å². The lowest BCUT2D eigenvalue weighted by atomic mass is 10.1. The second-order valence-electron chi connectivity index (χ2n) is 6.63. The Hall–Kier alpha value is -2.21. The Bertz CT molecular complexity index is 737. The Labute approximate surface area is 142 Å². The van der Waals surface area contributed by atoms with E-state index < -0.39 is 54.0 Å². The van der Waals surface area contributed by atoms with Crippen LogP contribution in [0.25, 0.3) is 0 Å². The highest BCUT2D eigenvalue weighted by molar-refractivity contribution is 5.66. The molecule has 0 saturated carbocycles. The van der Waals surface area contributed by atoms with E-state index in [0.717, 1.165) is 16.8 Å². The van der Waals surface area contributed by atoms with Crippen molar-refractivity contribution >= 4 is 6.09 Å². The lowest BCUT2D eigenvalue weighted by Gasteiger charge is -2.25. The number of aromatic amines is 1. The van der Waals surface area contributed by atoms with Crippen molar-refractivity contribution < 1.29 is 29.7 Å². The van der Waals surface area contributed by atoms with E-state index in [9.17, 15) is 29.8 Å². The molecule has 1 amide bonds. The van der Waals surface area contributed by atoms with Crippen molar-refractivity contribution in [1.29, 1.82) is 0 Å². The number of aliphatic hydroxyl groups is 2. The van der Waals surface area contributed by atoms with Gasteiger partial charge in [-0.25, -0.2) is 9.59 Å². The summed E-state index contributed by atoms with van der Waals surface area (Å²) in [5, 5.41) is 30.1. The third kappa shape index (κ3) is 4.45. The first-order valence-electron chi connectivity index (χ1n) is 7.52. The Morgan fingerprint density at radius 3 is 2.56 bits per heavy atom. The molecule has 11 heteroatoms. The predicted molar refractivity (Wildman–Crippen MR) is 82.0 cm³/mol. The second-order valence-corrected chi connectivity index (χ2v) is 6.63. The van der Waals surface area contributed by atoms with E-state index in [0.29, 0.717) is 0 Å². The van der Waals surface area contributed by atoms with Crippen LogP contribution in [0.1, 0.15) is 27.0 Å². The molecule has 0 spiro atoms. The Kier molecular flexibility index (Phi) is 5.32. The van der Waals surface area contributed by atoms with Crippen LogP contribution in [0.3, 0.4) is 0 Å². The van der Waals surface area contributed by atoms with Crippen molar-refractivity contribution in [2.45, 2.75) is 50.9 Å². The maximum atomic E-state index is 11.8. The molecule has 0 radical (unpaired) electrons. The topological polar surface area (TPSA) is 154 Å². The number of rotatable bonds is 3. The first-order valence-corrected chi connectivity index (χ1v) is 7.52. The van der Waals surface area contributed by atoms with Crippen molar-refractivity contribution in [2.75, 3.05) is 6.54 Å². The van der Waals surface area contributed by atoms with E-state index in [4.69, 9.17) is 9.47 Å². The van der Waals surface area contributed by atoms with Gasteiger partial charge in [-0.15, -0.1) is 0 Å². The first kappa shape index (κ1) is 19.1. The average molecular weight is 359 g/mol. The van der Waals surface area contributed by atoms with Crippen LogP contribution in [0.4, 0.5) is 4.79 Å². The number of H-pyrrole nitrogens is 1. The maximum Gasteiger partial charge on any atom is 0.434 e. The van der Waals surface area contributed by atoms with Gasteiger partial charge in [0, 0.05) is 12.3 Å². The normalized spacial score (nSPS) is 26.5. The van der Waals surface area contributed by atoms with Gasteiger partial charge in [0.05, 0.1) is 6.54 Å². The van der Waals surface area contributed by atoms with Gasteiger partial charge in [0.15, 0.2) is 6.23 Å². The summed E-state index contributed by atoms with van der Waals surface area (Å²) >= 11 is 0. The lowest BCUT2D eigenvalue weighted by Crippen LogP contribution is -2.43. The predicted octanol–water partition coefficient (Wildman–Crippen LogP) is -1.22. The number of nitrogens with zero attached hydrogens (tertiary/aromatic N) is 2. The molecule has 1 aromatic rings. The maximum absolute atomic E-state index is 11.8. The molecule has 4 atom stereocenters. The standard InChI is InChI=1S/C14H21N3O8/c1-14(2,3)25-13(22)17(23)6-7-9(19)10(20)11(24-7)16-5-4-8(18)15-12(16)21/h4-5,7,9-11,19-20,23H,6H2,1-3H3,(H,15,18,21)/t7-,9-,10-,11-/m1/s1. The van der Waals surface area contributed by atoms with Crippen LogP contribution in [-0.2, 0) is 9.47 Å². The molecule has 1 saturated heterocycles. The van der Waals surface area contributed by atoms with Gasteiger partial charge in [-0.3, -0.25) is 19.6 Å². The van der Waals surface area contributed by atoms with Gasteiger partial charge in [-0.1, -0.05) is 0 Å². The van der Waals surface area contributed by atoms with E-state index in [2.05, 4.69) is 0 Å². The molecule has 11 nitrogen and oxygen atoms in total. The SMILES string of the molecule is CC(C)(C)OC(=O)N(O)C[C@H]1O[C@@H](n2ccc(=O)[nH]c2=O)[C@H](O)[C@@H]1O. The number of aromatic nitrogens is 2. The number of carbonyl (C=O) groups is 1. The van der Waals surface area contributed by atoms with Crippen LogP contribution in [0.2, 0.25) is 0 Å². The molecule has 2 heterocycles. The van der Waals surface area contributed by atoms with Crippen molar-refractivity contribution in [3.63, 3.8) is 0 Å². The van der Waals surface area contributed by atoms with Crippen LogP contribution in [0.5, 0.6) is 0 Å². The molecule has 1 fully saturated rings. The van der Waals surface area contributed by atoms with Crippen LogP contribution < -0.4 is 11.2 Å². The monoisotopic (exact) mass is 359 g/mol. The summed E-state index contributed by atoms with van der Waals surface area (Å²) in [6, 6.07) is 1.05. The molecule has 0 aromatic carbocycles. The lowest BCUT2D eigenvalue weighted by molar-refractivity contribution is -0.129. The summed E-state index contributed by atoms with van der Waals surface area (Å²) in [6.07, 6.45) is -5.42. The fraction of sp³-hybridized carbons (Fsp3) is 0.643. The van der Waals surface area contributed by atoms with E-state index in [1.165, 1.54) is 0 Å². The van der Waals surface area contributed by atoms with Gasteiger partial charge < -0.3 is 19.7 Å². The molecule has 25 heavy (non-hydrogen) atoms. The molecule has 0 aliphatic carbocycles. The highest BCUT2D eigenvalue weighted by Gasteiger charge is 2.45. The van der Waals surface area contributed by atoms with Gasteiger partial charge in [0.2, 0.25) is 0 Å². The average Bonchev–Trinajstić information content (AvgIpc) is 2.74. The highest BCUT2D eigenvalue weighted by Crippen LogP contribution is 2.28. The second kappa shape index (κ2) is 6.96. The molecule has 140 valence electrons. The number of nitrogens with one attached hydrogen (secondary N) is 1. The number of ether oxygens (including phenoxy) is 2. The van der Waals surface area contributed by atoms with Crippen LogP contribution in [0, 0.1) is 0 Å². The quantitative estimate of drug-likeness (QED) is 0.387. The zero-order valence-electron chi connectivity index (χ0n) is 13.9. The minimum absolute atomic E-state index is 0.212. The number of amides is 1. The molecular formula is C14H21N3O8. The minimum atomic E-state index is -1.51. The van der Waals surface area contributed by atoms with Gasteiger partial charge >= 0.3 is 11.8 Å². The van der Waals surface area contributed by atoms with Gasteiger partial charge in [0.25, 0.3) is 5.56 Å². The molecule has 1 aliphatic heterocycles. The fourth-order valence-electron chi connectivity index (χ4n) is 2.30. The number of hydroxylamine groups is 2. The summed E-state index contributed by atoms with van der Waals surface area (Å²) in [5.74, 6) is 0. The molecule has 1 aromatic heterocycles. The van der Waals surface area contributed by atoms with Crippen molar-refractivity contribution in [1.82, 2.24) is 14.6 Å². The Morgan fingerprint density at radius 2 is 2.00 bits per heavy atom. The minimum Gasteiger partial charge on any atom is -0.442 e. The zero-order chi connectivity index (χ0) is 18.9. The Balaban J connectivity index is 2.10. The number of carbonyl (C=O) groups excluding carboxylic acids is 1. The van der Waals surface area contributed by atoms with Crippen LogP contribution in [-0.4, -0.2) is 66.6 Å². The summed E-state index contributed by atoms with van der Waals surface area (Å²) in [5.41, 5.74) is -2.30. The number of aliphatic hydroxyl groups excluding tert-OH is 2. The van der Waals surface area contributed by atoms with E-state index >= 15 is 0 Å². The van der Waals surface area contributed by atoms with Crippen molar-refractivity contribution in [3.05, 3.63) is 33.1 Å². The van der Waals surface area contributed by atoms with Gasteiger partial charge in [-0.2, -0.15) is 5.06 Å². The fourth-order valence-corrected chi connectivity index (χ4v) is 2.30. The zero-order valence-corrected chi connectivity index (χ0v) is 13.9. The summed E-state index contributed by atoms with van der Waals surface area (Å²) in [7, 11) is 0. The van der Waals surface area contributed by atoms with Gasteiger partial charge in [-0.05, 0) is 20.8 Å². The van der Waals surface area contributed by atoms with E-state index in [1.54, 1.807) is 20.8 Å². The third-order valence-electron chi connectivity index (χ3n) is 3.42. The molecule has 2 rings (SSSR count). The Morgan fingerprint density at radius 1 is 1.36 bits per heavy atom. The molecule has 0 bridgehead atoms.